The minimum Gasteiger partial charge on any atom is -0.441 e. The van der Waals surface area contributed by atoms with E-state index in [9.17, 15) is 9.59 Å². The van der Waals surface area contributed by atoms with Crippen LogP contribution in [0.1, 0.15) is 19.3 Å². The molecule has 0 saturated carbocycles. The molecule has 2 amide bonds. The molecule has 8 heteroatoms. The summed E-state index contributed by atoms with van der Waals surface area (Å²) in [6.45, 7) is 5.69. The van der Waals surface area contributed by atoms with Gasteiger partial charge in [-0.3, -0.25) is 9.69 Å². The second-order valence-corrected chi connectivity index (χ2v) is 7.76. The highest BCUT2D eigenvalue weighted by Crippen LogP contribution is 2.33. The minimum absolute atomic E-state index is 0.0273. The first-order valence-electron chi connectivity index (χ1n) is 9.27. The predicted octanol–water partition coefficient (Wildman–Crippen LogP) is -0.606. The number of carbonyl (C=O) groups excluding carboxylic acids is 2. The molecule has 3 fully saturated rings. The zero-order valence-electron chi connectivity index (χ0n) is 15.4. The van der Waals surface area contributed by atoms with E-state index in [0.717, 1.165) is 19.6 Å². The molecular formula is C17H31N5O3. The summed E-state index contributed by atoms with van der Waals surface area (Å²) in [4.78, 5) is 32.3. The molecule has 1 unspecified atom stereocenters. The largest absolute Gasteiger partial charge is 0.441 e. The van der Waals surface area contributed by atoms with E-state index in [-0.39, 0.29) is 18.5 Å². The number of nitrogens with zero attached hydrogens (tertiary/aromatic N) is 4. The molecule has 0 radical (unpaired) electrons. The van der Waals surface area contributed by atoms with Gasteiger partial charge in [0.15, 0.2) is 0 Å². The Morgan fingerprint density at radius 3 is 2.60 bits per heavy atom. The van der Waals surface area contributed by atoms with Crippen LogP contribution in [-0.4, -0.2) is 110 Å². The maximum absolute atomic E-state index is 12.3. The van der Waals surface area contributed by atoms with E-state index in [4.69, 9.17) is 10.5 Å². The highest BCUT2D eigenvalue weighted by molar-refractivity contribution is 5.78. The molecule has 0 bridgehead atoms. The van der Waals surface area contributed by atoms with E-state index in [0.29, 0.717) is 45.1 Å². The van der Waals surface area contributed by atoms with Crippen LogP contribution in [-0.2, 0) is 9.53 Å². The van der Waals surface area contributed by atoms with Crippen molar-refractivity contribution in [3.8, 4) is 0 Å². The third-order valence-corrected chi connectivity index (χ3v) is 5.91. The summed E-state index contributed by atoms with van der Waals surface area (Å²) < 4.78 is 5.73. The van der Waals surface area contributed by atoms with Crippen molar-refractivity contribution in [1.82, 2.24) is 19.6 Å². The maximum atomic E-state index is 12.3. The first kappa shape index (κ1) is 18.4. The molecule has 1 spiro atoms. The molecule has 1 atom stereocenters. The summed E-state index contributed by atoms with van der Waals surface area (Å²) in [6.07, 6.45) is 2.38. The Balaban J connectivity index is 1.46. The topological polar surface area (TPSA) is 82.3 Å². The number of hydrogen-bond donors (Lipinski definition) is 1. The zero-order valence-corrected chi connectivity index (χ0v) is 15.4. The Morgan fingerprint density at radius 2 is 2.00 bits per heavy atom. The second-order valence-electron chi connectivity index (χ2n) is 7.76. The summed E-state index contributed by atoms with van der Waals surface area (Å²) in [6, 6.07) is 0.612. The van der Waals surface area contributed by atoms with Gasteiger partial charge in [-0.15, -0.1) is 0 Å². The van der Waals surface area contributed by atoms with Crippen molar-refractivity contribution in [3.05, 3.63) is 0 Å². The van der Waals surface area contributed by atoms with Gasteiger partial charge >= 0.3 is 6.09 Å². The smallest absolute Gasteiger partial charge is 0.410 e. The molecule has 0 aromatic heterocycles. The Hall–Kier alpha value is -1.38. The first-order valence-corrected chi connectivity index (χ1v) is 9.27. The molecule has 3 rings (SSSR count). The fourth-order valence-electron chi connectivity index (χ4n) is 4.12. The van der Waals surface area contributed by atoms with Crippen molar-refractivity contribution < 1.29 is 14.3 Å². The second kappa shape index (κ2) is 7.47. The number of piperidine rings is 1. The van der Waals surface area contributed by atoms with Crippen LogP contribution in [0.3, 0.4) is 0 Å². The molecule has 3 aliphatic rings. The number of rotatable bonds is 5. The van der Waals surface area contributed by atoms with Crippen LogP contribution >= 0.6 is 0 Å². The molecule has 0 aliphatic carbocycles. The predicted molar refractivity (Wildman–Crippen MR) is 94.2 cm³/mol. The number of likely N-dealkylation sites (tertiary alicyclic amines) is 2. The van der Waals surface area contributed by atoms with Gasteiger partial charge in [0.1, 0.15) is 5.60 Å². The Morgan fingerprint density at radius 1 is 1.28 bits per heavy atom. The normalized spacial score (nSPS) is 26.7. The highest BCUT2D eigenvalue weighted by atomic mass is 16.6. The molecule has 0 aromatic rings. The van der Waals surface area contributed by atoms with Gasteiger partial charge in [0.05, 0.1) is 13.1 Å². The number of ether oxygens (including phenoxy) is 1. The van der Waals surface area contributed by atoms with E-state index in [1.807, 2.05) is 4.90 Å². The van der Waals surface area contributed by atoms with Gasteiger partial charge in [-0.2, -0.15) is 0 Å². The standard InChI is InChI=1S/C17H31N5O3/c1-19(2)14-3-6-20(12-14)9-10-22-13-17(25-16(22)24)4-7-21(8-5-17)15(23)11-18/h14H,3-13,18H2,1-2H3. The van der Waals surface area contributed by atoms with Crippen LogP contribution in [0.25, 0.3) is 0 Å². The van der Waals surface area contributed by atoms with E-state index < -0.39 is 5.60 Å². The molecular weight excluding hydrogens is 322 g/mol. The quantitative estimate of drug-likeness (QED) is 0.710. The molecule has 3 saturated heterocycles. The van der Waals surface area contributed by atoms with Crippen molar-refractivity contribution in [2.24, 2.45) is 5.73 Å². The lowest BCUT2D eigenvalue weighted by Crippen LogP contribution is -2.50. The summed E-state index contributed by atoms with van der Waals surface area (Å²) in [5.41, 5.74) is 5.01. The van der Waals surface area contributed by atoms with Gasteiger partial charge in [0.2, 0.25) is 5.91 Å². The summed E-state index contributed by atoms with van der Waals surface area (Å²) in [5.74, 6) is -0.0273. The third-order valence-electron chi connectivity index (χ3n) is 5.91. The molecule has 0 aromatic carbocycles. The SMILES string of the molecule is CN(C)C1CCN(CCN2CC3(CCN(C(=O)CN)CC3)OC2=O)C1. The Bertz CT molecular complexity index is 505. The van der Waals surface area contributed by atoms with Gasteiger partial charge in [-0.25, -0.2) is 4.79 Å². The maximum Gasteiger partial charge on any atom is 0.410 e. The zero-order chi connectivity index (χ0) is 18.0. The van der Waals surface area contributed by atoms with Crippen molar-refractivity contribution in [3.63, 3.8) is 0 Å². The van der Waals surface area contributed by atoms with Gasteiger partial charge in [-0.05, 0) is 27.1 Å². The monoisotopic (exact) mass is 353 g/mol. The average Bonchev–Trinajstić information content (AvgIpc) is 3.18. The van der Waals surface area contributed by atoms with Crippen LogP contribution < -0.4 is 5.73 Å². The first-order chi connectivity index (χ1) is 11.9. The fraction of sp³-hybridized carbons (Fsp3) is 0.882. The molecule has 142 valence electrons. The summed E-state index contributed by atoms with van der Waals surface area (Å²) >= 11 is 0. The summed E-state index contributed by atoms with van der Waals surface area (Å²) in [5, 5.41) is 0. The lowest BCUT2D eigenvalue weighted by molar-refractivity contribution is -0.133. The van der Waals surface area contributed by atoms with Gasteiger partial charge < -0.3 is 25.2 Å². The number of nitrogens with two attached hydrogens (primary N) is 1. The molecule has 25 heavy (non-hydrogen) atoms. The van der Waals surface area contributed by atoms with E-state index >= 15 is 0 Å². The minimum atomic E-state index is -0.417. The number of hydrogen-bond acceptors (Lipinski definition) is 6. The van der Waals surface area contributed by atoms with Crippen LogP contribution in [0.5, 0.6) is 0 Å². The summed E-state index contributed by atoms with van der Waals surface area (Å²) in [7, 11) is 4.25. The molecule has 2 N–H and O–H groups in total. The van der Waals surface area contributed by atoms with E-state index in [1.54, 1.807) is 4.90 Å². The Kier molecular flexibility index (Phi) is 5.50. The molecule has 3 heterocycles. The molecule has 3 aliphatic heterocycles. The number of amides is 2. The Labute approximate surface area is 149 Å². The lowest BCUT2D eigenvalue weighted by atomic mass is 9.91. The fourth-order valence-corrected chi connectivity index (χ4v) is 4.12. The van der Waals surface area contributed by atoms with E-state index in [2.05, 4.69) is 23.9 Å². The van der Waals surface area contributed by atoms with Crippen LogP contribution in [0.4, 0.5) is 4.79 Å². The van der Waals surface area contributed by atoms with Crippen molar-refractivity contribution >= 4 is 12.0 Å². The lowest BCUT2D eigenvalue weighted by Gasteiger charge is -2.37. The average molecular weight is 353 g/mol. The third kappa shape index (κ3) is 4.07. The highest BCUT2D eigenvalue weighted by Gasteiger charge is 2.47. The van der Waals surface area contributed by atoms with Crippen LogP contribution in [0.2, 0.25) is 0 Å². The van der Waals surface area contributed by atoms with Gasteiger partial charge in [0, 0.05) is 51.6 Å². The number of carbonyl (C=O) groups is 2. The number of likely N-dealkylation sites (N-methyl/N-ethyl adjacent to an activating group) is 1. The molecule has 8 nitrogen and oxygen atoms in total. The van der Waals surface area contributed by atoms with Crippen LogP contribution in [0, 0.1) is 0 Å². The van der Waals surface area contributed by atoms with Gasteiger partial charge in [-0.1, -0.05) is 0 Å². The van der Waals surface area contributed by atoms with Gasteiger partial charge in [0.25, 0.3) is 0 Å². The van der Waals surface area contributed by atoms with Crippen molar-refractivity contribution in [2.75, 3.05) is 66.5 Å². The van der Waals surface area contributed by atoms with Crippen LogP contribution in [0.15, 0.2) is 0 Å². The van der Waals surface area contributed by atoms with Crippen molar-refractivity contribution in [1.29, 1.82) is 0 Å². The van der Waals surface area contributed by atoms with E-state index in [1.165, 1.54) is 6.42 Å². The van der Waals surface area contributed by atoms with Crippen molar-refractivity contribution in [2.45, 2.75) is 30.9 Å².